The first kappa shape index (κ1) is 13.1. The monoisotopic (exact) mass is 272 g/mol. The summed E-state index contributed by atoms with van der Waals surface area (Å²) in [6, 6.07) is 7.10. The van der Waals surface area contributed by atoms with Crippen LogP contribution in [0.2, 0.25) is 0 Å². The van der Waals surface area contributed by atoms with Crippen LogP contribution in [-0.4, -0.2) is 14.7 Å². The van der Waals surface area contributed by atoms with Crippen molar-refractivity contribution in [1.29, 1.82) is 10.5 Å². The third-order valence-corrected chi connectivity index (χ3v) is 2.53. The summed E-state index contributed by atoms with van der Waals surface area (Å²) in [6.45, 7) is 0. The molecule has 0 aliphatic carbocycles. The van der Waals surface area contributed by atoms with Crippen LogP contribution in [0, 0.1) is 28.5 Å². The Morgan fingerprint density at radius 1 is 1.20 bits per heavy atom. The Balaban J connectivity index is 2.81. The van der Waals surface area contributed by atoms with Crippen molar-refractivity contribution in [3.8, 4) is 23.7 Å². The Morgan fingerprint density at radius 2 is 1.85 bits per heavy atom. The highest BCUT2D eigenvalue weighted by Crippen LogP contribution is 2.18. The van der Waals surface area contributed by atoms with Gasteiger partial charge in [-0.25, -0.2) is 9.36 Å². The first-order chi connectivity index (χ1) is 9.49. The van der Waals surface area contributed by atoms with Crippen LogP contribution < -0.4 is 11.2 Å². The second kappa shape index (κ2) is 4.71. The maximum absolute atomic E-state index is 13.3. The lowest BCUT2D eigenvalue weighted by molar-refractivity contribution is 0.386. The van der Waals surface area contributed by atoms with Gasteiger partial charge in [0.1, 0.15) is 12.1 Å². The summed E-state index contributed by atoms with van der Waals surface area (Å²) in [6.07, 6.45) is 0. The lowest BCUT2D eigenvalue weighted by Crippen LogP contribution is -2.31. The number of aromatic amines is 1. The minimum absolute atomic E-state index is 0.0529. The number of aromatic nitrogens is 2. The number of benzene rings is 1. The molecule has 0 aliphatic rings. The van der Waals surface area contributed by atoms with E-state index in [0.29, 0.717) is 4.57 Å². The van der Waals surface area contributed by atoms with E-state index in [-0.39, 0.29) is 16.8 Å². The fourth-order valence-electron chi connectivity index (χ4n) is 1.60. The first-order valence-corrected chi connectivity index (χ1v) is 5.18. The van der Waals surface area contributed by atoms with Crippen molar-refractivity contribution in [2.24, 2.45) is 0 Å². The molecule has 1 heterocycles. The normalized spacial score (nSPS) is 9.75. The number of hydrogen-bond acceptors (Lipinski definition) is 5. The van der Waals surface area contributed by atoms with Crippen molar-refractivity contribution >= 4 is 0 Å². The number of aromatic hydroxyl groups is 1. The molecule has 2 rings (SSSR count). The molecule has 0 unspecified atom stereocenters. The minimum Gasteiger partial charge on any atom is -0.492 e. The van der Waals surface area contributed by atoms with E-state index in [2.05, 4.69) is 0 Å². The minimum atomic E-state index is -1.52. The maximum atomic E-state index is 13.3. The van der Waals surface area contributed by atoms with Gasteiger partial charge in [0.25, 0.3) is 5.56 Å². The zero-order valence-electron chi connectivity index (χ0n) is 9.72. The number of H-pyrrole nitrogens is 1. The highest BCUT2D eigenvalue weighted by molar-refractivity contribution is 5.52. The molecule has 0 amide bonds. The van der Waals surface area contributed by atoms with Crippen molar-refractivity contribution < 1.29 is 9.50 Å². The Morgan fingerprint density at radius 3 is 2.45 bits per heavy atom. The molecule has 0 saturated heterocycles. The second-order valence-electron chi connectivity index (χ2n) is 3.69. The van der Waals surface area contributed by atoms with E-state index >= 15 is 0 Å². The van der Waals surface area contributed by atoms with Crippen molar-refractivity contribution in [3.63, 3.8) is 0 Å². The fourth-order valence-corrected chi connectivity index (χ4v) is 1.60. The smallest absolute Gasteiger partial charge is 0.335 e. The first-order valence-electron chi connectivity index (χ1n) is 5.18. The summed E-state index contributed by atoms with van der Waals surface area (Å²) >= 11 is 0. The average molecular weight is 272 g/mol. The molecule has 2 N–H and O–H groups in total. The molecule has 98 valence electrons. The summed E-state index contributed by atoms with van der Waals surface area (Å²) in [7, 11) is 0. The van der Waals surface area contributed by atoms with Gasteiger partial charge in [-0.15, -0.1) is 0 Å². The molecule has 0 atom stereocenters. The average Bonchev–Trinajstić information content (AvgIpc) is 2.44. The van der Waals surface area contributed by atoms with Gasteiger partial charge in [0.15, 0.2) is 0 Å². The molecule has 20 heavy (non-hydrogen) atoms. The molecule has 1 aromatic heterocycles. The molecule has 1 aromatic carbocycles. The van der Waals surface area contributed by atoms with E-state index in [1.807, 2.05) is 0 Å². The van der Waals surface area contributed by atoms with Crippen LogP contribution in [0.15, 0.2) is 27.8 Å². The molecule has 0 aliphatic heterocycles. The zero-order chi connectivity index (χ0) is 14.9. The summed E-state index contributed by atoms with van der Waals surface area (Å²) in [5, 5.41) is 27.2. The van der Waals surface area contributed by atoms with Gasteiger partial charge in [-0.2, -0.15) is 14.9 Å². The summed E-state index contributed by atoms with van der Waals surface area (Å²) < 4.78 is 13.8. The maximum Gasteiger partial charge on any atom is 0.335 e. The van der Waals surface area contributed by atoms with Crippen molar-refractivity contribution in [2.45, 2.75) is 0 Å². The molecule has 0 bridgehead atoms. The van der Waals surface area contributed by atoms with E-state index in [1.165, 1.54) is 12.1 Å². The van der Waals surface area contributed by atoms with Crippen LogP contribution in [0.1, 0.15) is 11.1 Å². The number of nitrogens with one attached hydrogen (secondary N) is 1. The van der Waals surface area contributed by atoms with Gasteiger partial charge in [0, 0.05) is 0 Å². The highest BCUT2D eigenvalue weighted by atomic mass is 19.1. The van der Waals surface area contributed by atoms with E-state index in [4.69, 9.17) is 10.5 Å². The summed E-state index contributed by atoms with van der Waals surface area (Å²) in [5.41, 5.74) is -2.46. The quantitative estimate of drug-likeness (QED) is 0.762. The fraction of sp³-hybridized carbons (Fsp3) is 0. The predicted molar refractivity (Wildman–Crippen MR) is 63.7 cm³/mol. The molecular formula is C12H5FN4O3. The van der Waals surface area contributed by atoms with Gasteiger partial charge < -0.3 is 5.11 Å². The Bertz CT molecular complexity index is 899. The Hall–Kier alpha value is -3.39. The summed E-state index contributed by atoms with van der Waals surface area (Å²) in [4.78, 5) is 24.3. The van der Waals surface area contributed by atoms with E-state index in [0.717, 1.165) is 6.07 Å². The third-order valence-electron chi connectivity index (χ3n) is 2.53. The molecule has 0 fully saturated rings. The second-order valence-corrected chi connectivity index (χ2v) is 3.69. The molecule has 0 spiro atoms. The largest absolute Gasteiger partial charge is 0.492 e. The number of halogens is 1. The van der Waals surface area contributed by atoms with Crippen molar-refractivity contribution in [3.05, 3.63) is 56.0 Å². The van der Waals surface area contributed by atoms with Crippen LogP contribution in [0.3, 0.4) is 0 Å². The van der Waals surface area contributed by atoms with Gasteiger partial charge in [-0.3, -0.25) is 9.78 Å². The van der Waals surface area contributed by atoms with E-state index < -0.39 is 22.9 Å². The highest BCUT2D eigenvalue weighted by Gasteiger charge is 2.16. The van der Waals surface area contributed by atoms with Crippen LogP contribution >= 0.6 is 0 Å². The van der Waals surface area contributed by atoms with Crippen LogP contribution in [0.25, 0.3) is 5.69 Å². The number of rotatable bonds is 1. The van der Waals surface area contributed by atoms with E-state index in [9.17, 15) is 19.1 Å². The molecule has 0 saturated carbocycles. The topological polar surface area (TPSA) is 123 Å². The molecule has 0 radical (unpaired) electrons. The number of nitriles is 2. The lowest BCUT2D eigenvalue weighted by Gasteiger charge is -2.08. The van der Waals surface area contributed by atoms with Crippen LogP contribution in [-0.2, 0) is 0 Å². The van der Waals surface area contributed by atoms with Crippen molar-refractivity contribution in [1.82, 2.24) is 9.55 Å². The Kier molecular flexibility index (Phi) is 3.07. The van der Waals surface area contributed by atoms with Crippen LogP contribution in [0.5, 0.6) is 5.88 Å². The lowest BCUT2D eigenvalue weighted by atomic mass is 10.1. The SMILES string of the molecule is N#Cc1ccc(-n2c(O)c(F)c(=O)[nH]c2=O)cc1C#N. The standard InChI is InChI=1S/C12H5FN4O3/c13-9-10(18)16-12(20)17(11(9)19)8-2-1-6(4-14)7(3-8)5-15/h1-3,19H,(H,16,18,20). The number of nitrogens with zero attached hydrogens (tertiary/aromatic N) is 3. The molecule has 7 nitrogen and oxygen atoms in total. The molecular weight excluding hydrogens is 267 g/mol. The van der Waals surface area contributed by atoms with Gasteiger partial charge in [0.2, 0.25) is 11.7 Å². The van der Waals surface area contributed by atoms with E-state index in [1.54, 1.807) is 17.1 Å². The van der Waals surface area contributed by atoms with Gasteiger partial charge in [0.05, 0.1) is 16.8 Å². The van der Waals surface area contributed by atoms with Crippen molar-refractivity contribution in [2.75, 3.05) is 0 Å². The van der Waals surface area contributed by atoms with Gasteiger partial charge >= 0.3 is 5.69 Å². The van der Waals surface area contributed by atoms with Gasteiger partial charge in [-0.05, 0) is 18.2 Å². The molecule has 2 aromatic rings. The Labute approximate surface area is 110 Å². The number of hydrogen-bond donors (Lipinski definition) is 2. The predicted octanol–water partition coefficient (Wildman–Crippen LogP) is 0.114. The third kappa shape index (κ3) is 1.91. The summed E-state index contributed by atoms with van der Waals surface area (Å²) in [5.74, 6) is -2.69. The zero-order valence-corrected chi connectivity index (χ0v) is 9.72. The van der Waals surface area contributed by atoms with Gasteiger partial charge in [-0.1, -0.05) is 0 Å². The van der Waals surface area contributed by atoms with Crippen LogP contribution in [0.4, 0.5) is 4.39 Å². The molecule has 8 heteroatoms.